The monoisotopic (exact) mass is 476 g/mol. The zero-order chi connectivity index (χ0) is 24.4. The number of methoxy groups -OCH3 is 2. The number of aromatic nitrogens is 2. The molecule has 1 atom stereocenters. The summed E-state index contributed by atoms with van der Waals surface area (Å²) < 4.78 is 16.2. The van der Waals surface area contributed by atoms with E-state index >= 15 is 0 Å². The number of anilines is 1. The van der Waals surface area contributed by atoms with Crippen LogP contribution in [0.3, 0.4) is 0 Å². The number of carbonyl (C=O) groups excluding carboxylic acids is 2. The number of benzene rings is 2. The van der Waals surface area contributed by atoms with E-state index in [-0.39, 0.29) is 30.1 Å². The van der Waals surface area contributed by atoms with Gasteiger partial charge >= 0.3 is 0 Å². The molecule has 9 heteroatoms. The number of ether oxygens (including phenoxy) is 2. The van der Waals surface area contributed by atoms with E-state index in [1.165, 1.54) is 0 Å². The van der Waals surface area contributed by atoms with Crippen molar-refractivity contribution in [3.63, 3.8) is 0 Å². The lowest BCUT2D eigenvalue weighted by Crippen LogP contribution is -2.42. The van der Waals surface area contributed by atoms with Crippen molar-refractivity contribution in [3.05, 3.63) is 54.4 Å². The van der Waals surface area contributed by atoms with Gasteiger partial charge in [-0.15, -0.1) is 0 Å². The molecule has 0 N–H and O–H groups in total. The van der Waals surface area contributed by atoms with E-state index in [9.17, 15) is 9.59 Å². The summed E-state index contributed by atoms with van der Waals surface area (Å²) in [4.78, 5) is 33.8. The van der Waals surface area contributed by atoms with Crippen molar-refractivity contribution in [1.29, 1.82) is 0 Å². The molecule has 2 saturated heterocycles. The van der Waals surface area contributed by atoms with Crippen molar-refractivity contribution in [2.24, 2.45) is 5.92 Å². The van der Waals surface area contributed by atoms with Gasteiger partial charge in [-0.05, 0) is 43.2 Å². The molecular formula is C26H28N4O5. The average Bonchev–Trinajstić information content (AvgIpc) is 3.56. The SMILES string of the molecule is COc1ccc(-c2noc(C3CCN(C(=O)C4CC(=O)N(c5ccccc5)C4)CC3)n2)cc1OC. The number of hydrogen-bond acceptors (Lipinski definition) is 7. The molecule has 2 fully saturated rings. The third kappa shape index (κ3) is 4.58. The first-order valence-corrected chi connectivity index (χ1v) is 11.8. The normalized spacial score (nSPS) is 18.7. The van der Waals surface area contributed by atoms with Crippen molar-refractivity contribution >= 4 is 17.5 Å². The summed E-state index contributed by atoms with van der Waals surface area (Å²) in [5, 5.41) is 4.15. The zero-order valence-electron chi connectivity index (χ0n) is 19.8. The maximum Gasteiger partial charge on any atom is 0.230 e. The number of carbonyl (C=O) groups is 2. The molecule has 0 aliphatic carbocycles. The molecule has 1 aromatic heterocycles. The highest BCUT2D eigenvalue weighted by Crippen LogP contribution is 2.34. The molecular weight excluding hydrogens is 448 g/mol. The Morgan fingerprint density at radius 2 is 1.77 bits per heavy atom. The molecule has 2 amide bonds. The molecule has 5 rings (SSSR count). The maximum atomic E-state index is 13.1. The van der Waals surface area contributed by atoms with E-state index in [1.807, 2.05) is 47.4 Å². The van der Waals surface area contributed by atoms with E-state index in [0.717, 1.165) is 24.1 Å². The molecule has 2 aliphatic heterocycles. The molecule has 182 valence electrons. The second-order valence-electron chi connectivity index (χ2n) is 8.87. The van der Waals surface area contributed by atoms with Gasteiger partial charge in [-0.2, -0.15) is 4.98 Å². The molecule has 2 aliphatic rings. The van der Waals surface area contributed by atoms with Gasteiger partial charge in [0.05, 0.1) is 20.1 Å². The number of rotatable bonds is 6. The minimum atomic E-state index is -0.306. The first kappa shape index (κ1) is 22.9. The van der Waals surface area contributed by atoms with Crippen LogP contribution in [0.5, 0.6) is 11.5 Å². The van der Waals surface area contributed by atoms with Crippen LogP contribution in [-0.4, -0.2) is 60.7 Å². The van der Waals surface area contributed by atoms with Crippen molar-refractivity contribution in [2.75, 3.05) is 38.8 Å². The predicted molar refractivity (Wildman–Crippen MR) is 128 cm³/mol. The summed E-state index contributed by atoms with van der Waals surface area (Å²) in [5.41, 5.74) is 1.62. The fourth-order valence-electron chi connectivity index (χ4n) is 4.83. The first-order valence-electron chi connectivity index (χ1n) is 11.8. The largest absolute Gasteiger partial charge is 0.493 e. The van der Waals surface area contributed by atoms with E-state index in [2.05, 4.69) is 10.1 Å². The third-order valence-electron chi connectivity index (χ3n) is 6.78. The van der Waals surface area contributed by atoms with Crippen molar-refractivity contribution in [2.45, 2.75) is 25.2 Å². The van der Waals surface area contributed by atoms with Gasteiger partial charge in [-0.25, -0.2) is 0 Å². The number of hydrogen-bond donors (Lipinski definition) is 0. The second-order valence-corrected chi connectivity index (χ2v) is 8.87. The highest BCUT2D eigenvalue weighted by atomic mass is 16.5. The van der Waals surface area contributed by atoms with Gasteiger partial charge in [-0.3, -0.25) is 9.59 Å². The fourth-order valence-corrected chi connectivity index (χ4v) is 4.83. The minimum absolute atomic E-state index is 0.00186. The molecule has 1 unspecified atom stereocenters. The number of amides is 2. The lowest BCUT2D eigenvalue weighted by Gasteiger charge is -2.32. The summed E-state index contributed by atoms with van der Waals surface area (Å²) in [6, 6.07) is 15.0. The Morgan fingerprint density at radius 1 is 1.03 bits per heavy atom. The number of nitrogens with zero attached hydrogens (tertiary/aromatic N) is 4. The Hall–Kier alpha value is -3.88. The van der Waals surface area contributed by atoms with Crippen LogP contribution in [0.2, 0.25) is 0 Å². The predicted octanol–water partition coefficient (Wildman–Crippen LogP) is 3.51. The van der Waals surface area contributed by atoms with Crippen LogP contribution in [0.1, 0.15) is 31.1 Å². The molecule has 2 aromatic carbocycles. The smallest absolute Gasteiger partial charge is 0.230 e. The van der Waals surface area contributed by atoms with E-state index < -0.39 is 0 Å². The van der Waals surface area contributed by atoms with Crippen molar-refractivity contribution in [3.8, 4) is 22.9 Å². The molecule has 3 heterocycles. The molecule has 35 heavy (non-hydrogen) atoms. The highest BCUT2D eigenvalue weighted by molar-refractivity contribution is 6.00. The molecule has 0 spiro atoms. The molecule has 0 radical (unpaired) electrons. The summed E-state index contributed by atoms with van der Waals surface area (Å²) >= 11 is 0. The molecule has 0 bridgehead atoms. The van der Waals surface area contributed by atoms with Crippen LogP contribution < -0.4 is 14.4 Å². The summed E-state index contributed by atoms with van der Waals surface area (Å²) in [5.74, 6) is 2.13. The Bertz CT molecular complexity index is 1200. The summed E-state index contributed by atoms with van der Waals surface area (Å²) in [7, 11) is 3.17. The van der Waals surface area contributed by atoms with E-state index in [1.54, 1.807) is 25.2 Å². The molecule has 3 aromatic rings. The van der Waals surface area contributed by atoms with Gasteiger partial charge in [0.25, 0.3) is 0 Å². The number of likely N-dealkylation sites (tertiary alicyclic amines) is 1. The van der Waals surface area contributed by atoms with Crippen LogP contribution in [-0.2, 0) is 9.59 Å². The molecule has 0 saturated carbocycles. The van der Waals surface area contributed by atoms with Gasteiger partial charge in [0.2, 0.25) is 23.5 Å². The standard InChI is InChI=1S/C26H28N4O5/c1-33-21-9-8-18(14-22(21)34-2)24-27-25(35-28-24)17-10-12-29(13-11-17)26(32)19-15-23(31)30(16-19)20-6-4-3-5-7-20/h3-9,14,17,19H,10-13,15-16H2,1-2H3. The lowest BCUT2D eigenvalue weighted by molar-refractivity contribution is -0.136. The van der Waals surface area contributed by atoms with Crippen LogP contribution in [0.25, 0.3) is 11.4 Å². The van der Waals surface area contributed by atoms with Crippen LogP contribution in [0.4, 0.5) is 5.69 Å². The Balaban J connectivity index is 1.19. The quantitative estimate of drug-likeness (QED) is 0.537. The fraction of sp³-hybridized carbons (Fsp3) is 0.385. The second kappa shape index (κ2) is 9.77. The van der Waals surface area contributed by atoms with Gasteiger partial charge in [0.15, 0.2) is 11.5 Å². The van der Waals surface area contributed by atoms with Crippen molar-refractivity contribution < 1.29 is 23.6 Å². The Labute approximate surface area is 203 Å². The van der Waals surface area contributed by atoms with E-state index in [4.69, 9.17) is 14.0 Å². The Morgan fingerprint density at radius 3 is 2.49 bits per heavy atom. The Kier molecular flexibility index (Phi) is 6.39. The van der Waals surface area contributed by atoms with Crippen molar-refractivity contribution in [1.82, 2.24) is 15.0 Å². The average molecular weight is 477 g/mol. The highest BCUT2D eigenvalue weighted by Gasteiger charge is 2.38. The van der Waals surface area contributed by atoms with Gasteiger partial charge in [0, 0.05) is 43.2 Å². The van der Waals surface area contributed by atoms with Crippen LogP contribution in [0.15, 0.2) is 53.1 Å². The lowest BCUT2D eigenvalue weighted by atomic mass is 9.95. The van der Waals surface area contributed by atoms with Gasteiger partial charge in [-0.1, -0.05) is 23.4 Å². The van der Waals surface area contributed by atoms with Gasteiger partial charge < -0.3 is 23.8 Å². The number of para-hydroxylation sites is 1. The third-order valence-corrected chi connectivity index (χ3v) is 6.78. The van der Waals surface area contributed by atoms with Crippen LogP contribution in [0, 0.1) is 5.92 Å². The zero-order valence-corrected chi connectivity index (χ0v) is 19.8. The maximum absolute atomic E-state index is 13.1. The van der Waals surface area contributed by atoms with Crippen LogP contribution >= 0.6 is 0 Å². The minimum Gasteiger partial charge on any atom is -0.493 e. The first-order chi connectivity index (χ1) is 17.1. The van der Waals surface area contributed by atoms with E-state index in [0.29, 0.717) is 42.8 Å². The summed E-state index contributed by atoms with van der Waals surface area (Å²) in [6.45, 7) is 1.64. The van der Waals surface area contributed by atoms with Gasteiger partial charge in [0.1, 0.15) is 0 Å². The topological polar surface area (TPSA) is 98.0 Å². The summed E-state index contributed by atoms with van der Waals surface area (Å²) in [6.07, 6.45) is 1.73. The molecule has 9 nitrogen and oxygen atoms in total. The number of piperidine rings is 1.